The Morgan fingerprint density at radius 1 is 1.33 bits per heavy atom. The fourth-order valence-corrected chi connectivity index (χ4v) is 1.79. The third-order valence-electron chi connectivity index (χ3n) is 2.94. The lowest BCUT2D eigenvalue weighted by molar-refractivity contribution is 0.529. The van der Waals surface area contributed by atoms with E-state index in [9.17, 15) is 0 Å². The number of hydrogen-bond acceptors (Lipinski definition) is 3. The first kappa shape index (κ1) is 12.7. The lowest BCUT2D eigenvalue weighted by Gasteiger charge is -2.03. The summed E-state index contributed by atoms with van der Waals surface area (Å²) in [7, 11) is 0. The first-order valence-electron chi connectivity index (χ1n) is 6.41. The molecule has 2 heterocycles. The number of aromatic nitrogens is 4. The summed E-state index contributed by atoms with van der Waals surface area (Å²) in [5.74, 6) is 0. The molecule has 98 valence electrons. The summed E-state index contributed by atoms with van der Waals surface area (Å²) >= 11 is 0. The molecule has 0 bridgehead atoms. The normalized spacial score (nSPS) is 11.2. The number of aryl methyl sites for hydroxylation is 2. The molecule has 2 aromatic heterocycles. The Morgan fingerprint density at radius 3 is 2.67 bits per heavy atom. The van der Waals surface area contributed by atoms with Crippen LogP contribution in [0.3, 0.4) is 0 Å². The van der Waals surface area contributed by atoms with Gasteiger partial charge in [-0.1, -0.05) is 0 Å². The van der Waals surface area contributed by atoms with Gasteiger partial charge in [0.25, 0.3) is 0 Å². The Hall–Kier alpha value is -1.78. The van der Waals surface area contributed by atoms with Crippen LogP contribution in [0.1, 0.15) is 38.1 Å². The van der Waals surface area contributed by atoms with Gasteiger partial charge in [0, 0.05) is 37.1 Å². The molecule has 0 saturated heterocycles. The number of nitrogens with one attached hydrogen (secondary N) is 1. The Bertz CT molecular complexity index is 509. The van der Waals surface area contributed by atoms with Crippen molar-refractivity contribution in [3.8, 4) is 0 Å². The average molecular weight is 247 g/mol. The Kier molecular flexibility index (Phi) is 3.69. The summed E-state index contributed by atoms with van der Waals surface area (Å²) < 4.78 is 3.91. The molecule has 5 heteroatoms. The van der Waals surface area contributed by atoms with Crippen molar-refractivity contribution in [2.24, 2.45) is 0 Å². The summed E-state index contributed by atoms with van der Waals surface area (Å²) in [6.45, 7) is 10.1. The van der Waals surface area contributed by atoms with Crippen LogP contribution < -0.4 is 5.32 Å². The second-order valence-corrected chi connectivity index (χ2v) is 4.76. The number of nitrogens with zero attached hydrogens (tertiary/aromatic N) is 4. The van der Waals surface area contributed by atoms with E-state index in [4.69, 9.17) is 0 Å². The fraction of sp³-hybridized carbons (Fsp3) is 0.538. The van der Waals surface area contributed by atoms with Crippen molar-refractivity contribution < 1.29 is 0 Å². The number of hydrogen-bond donors (Lipinski definition) is 1. The van der Waals surface area contributed by atoms with Crippen LogP contribution in [0, 0.1) is 6.92 Å². The highest BCUT2D eigenvalue weighted by Crippen LogP contribution is 2.16. The molecule has 0 aromatic carbocycles. The smallest absolute Gasteiger partial charge is 0.0825 e. The zero-order valence-electron chi connectivity index (χ0n) is 11.5. The van der Waals surface area contributed by atoms with Crippen molar-refractivity contribution in [1.82, 2.24) is 19.6 Å². The van der Waals surface area contributed by atoms with Crippen molar-refractivity contribution in [2.75, 3.05) is 5.32 Å². The lowest BCUT2D eigenvalue weighted by Crippen LogP contribution is -2.01. The molecule has 0 unspecified atom stereocenters. The topological polar surface area (TPSA) is 47.7 Å². The van der Waals surface area contributed by atoms with Crippen LogP contribution in [0.2, 0.25) is 0 Å². The van der Waals surface area contributed by atoms with E-state index in [1.165, 1.54) is 5.56 Å². The van der Waals surface area contributed by atoms with Gasteiger partial charge in [-0.15, -0.1) is 0 Å². The minimum Gasteiger partial charge on any atom is -0.378 e. The molecular formula is C13H21N5. The van der Waals surface area contributed by atoms with Crippen molar-refractivity contribution >= 4 is 5.69 Å². The second-order valence-electron chi connectivity index (χ2n) is 4.76. The quantitative estimate of drug-likeness (QED) is 0.883. The molecule has 0 radical (unpaired) electrons. The van der Waals surface area contributed by atoms with E-state index in [1.54, 1.807) is 0 Å². The summed E-state index contributed by atoms with van der Waals surface area (Å²) in [4.78, 5) is 0. The van der Waals surface area contributed by atoms with Gasteiger partial charge in [-0.05, 0) is 27.7 Å². The Morgan fingerprint density at radius 2 is 2.11 bits per heavy atom. The highest BCUT2D eigenvalue weighted by atomic mass is 15.3. The molecule has 2 rings (SSSR count). The van der Waals surface area contributed by atoms with Crippen LogP contribution in [-0.2, 0) is 13.1 Å². The van der Waals surface area contributed by atoms with Crippen LogP contribution in [0.5, 0.6) is 0 Å². The van der Waals surface area contributed by atoms with Gasteiger partial charge in [-0.2, -0.15) is 10.2 Å². The monoisotopic (exact) mass is 247 g/mol. The first-order chi connectivity index (χ1) is 8.60. The van der Waals surface area contributed by atoms with Gasteiger partial charge in [0.2, 0.25) is 0 Å². The zero-order chi connectivity index (χ0) is 13.1. The maximum absolute atomic E-state index is 4.48. The molecule has 18 heavy (non-hydrogen) atoms. The van der Waals surface area contributed by atoms with Crippen LogP contribution in [0.4, 0.5) is 5.69 Å². The molecule has 0 aliphatic heterocycles. The van der Waals surface area contributed by atoms with E-state index in [0.717, 1.165) is 24.5 Å². The van der Waals surface area contributed by atoms with Gasteiger partial charge in [-0.25, -0.2) is 0 Å². The predicted octanol–water partition coefficient (Wildman–Crippen LogP) is 2.60. The largest absolute Gasteiger partial charge is 0.378 e. The standard InChI is InChI=1S/C13H21N5/c1-5-17-8-12(7-15-17)6-14-13-9-18(10(2)3)16-11(13)4/h7-10,14H,5-6H2,1-4H3. The van der Waals surface area contributed by atoms with E-state index in [2.05, 4.69) is 48.7 Å². The van der Waals surface area contributed by atoms with Gasteiger partial charge in [0.1, 0.15) is 0 Å². The Balaban J connectivity index is 2.01. The van der Waals surface area contributed by atoms with Gasteiger partial charge in [0.15, 0.2) is 0 Å². The summed E-state index contributed by atoms with van der Waals surface area (Å²) in [6, 6.07) is 0.391. The van der Waals surface area contributed by atoms with Crippen LogP contribution in [0.15, 0.2) is 18.6 Å². The summed E-state index contributed by atoms with van der Waals surface area (Å²) in [5, 5.41) is 12.1. The highest BCUT2D eigenvalue weighted by Gasteiger charge is 2.07. The zero-order valence-corrected chi connectivity index (χ0v) is 11.5. The van der Waals surface area contributed by atoms with Crippen LogP contribution >= 0.6 is 0 Å². The van der Waals surface area contributed by atoms with Gasteiger partial charge >= 0.3 is 0 Å². The molecule has 2 aromatic rings. The maximum atomic E-state index is 4.48. The van der Waals surface area contributed by atoms with E-state index >= 15 is 0 Å². The molecule has 0 aliphatic carbocycles. The van der Waals surface area contributed by atoms with Crippen molar-refractivity contribution in [3.05, 3.63) is 29.8 Å². The molecule has 0 spiro atoms. The van der Waals surface area contributed by atoms with E-state index in [1.807, 2.05) is 22.5 Å². The second kappa shape index (κ2) is 5.25. The predicted molar refractivity (Wildman–Crippen MR) is 72.6 cm³/mol. The van der Waals surface area contributed by atoms with E-state index < -0.39 is 0 Å². The van der Waals surface area contributed by atoms with Crippen molar-refractivity contribution in [2.45, 2.75) is 46.8 Å². The van der Waals surface area contributed by atoms with E-state index in [-0.39, 0.29) is 0 Å². The number of anilines is 1. The highest BCUT2D eigenvalue weighted by molar-refractivity contribution is 5.46. The SMILES string of the molecule is CCn1cc(CNc2cn(C(C)C)nc2C)cn1. The first-order valence-corrected chi connectivity index (χ1v) is 6.41. The molecule has 1 N–H and O–H groups in total. The van der Waals surface area contributed by atoms with Gasteiger partial charge < -0.3 is 5.32 Å². The Labute approximate surface area is 108 Å². The fourth-order valence-electron chi connectivity index (χ4n) is 1.79. The van der Waals surface area contributed by atoms with Gasteiger partial charge in [0.05, 0.1) is 17.6 Å². The molecule has 0 fully saturated rings. The molecule has 0 aliphatic rings. The van der Waals surface area contributed by atoms with Crippen LogP contribution in [0.25, 0.3) is 0 Å². The van der Waals surface area contributed by atoms with E-state index in [0.29, 0.717) is 6.04 Å². The lowest BCUT2D eigenvalue weighted by atomic mass is 10.3. The molecule has 0 amide bonds. The summed E-state index contributed by atoms with van der Waals surface area (Å²) in [5.41, 5.74) is 3.31. The summed E-state index contributed by atoms with van der Waals surface area (Å²) in [6.07, 6.45) is 6.03. The van der Waals surface area contributed by atoms with Crippen LogP contribution in [-0.4, -0.2) is 19.6 Å². The number of rotatable bonds is 5. The van der Waals surface area contributed by atoms with Crippen molar-refractivity contribution in [3.63, 3.8) is 0 Å². The van der Waals surface area contributed by atoms with Crippen molar-refractivity contribution in [1.29, 1.82) is 0 Å². The minimum atomic E-state index is 0.391. The molecule has 0 atom stereocenters. The third-order valence-corrected chi connectivity index (χ3v) is 2.94. The third kappa shape index (κ3) is 2.72. The molecule has 5 nitrogen and oxygen atoms in total. The van der Waals surface area contributed by atoms with Gasteiger partial charge in [-0.3, -0.25) is 9.36 Å². The molecule has 0 saturated carbocycles. The average Bonchev–Trinajstić information content (AvgIpc) is 2.93. The maximum Gasteiger partial charge on any atom is 0.0825 e. The molecular weight excluding hydrogens is 226 g/mol. The minimum absolute atomic E-state index is 0.391.